The number of benzene rings is 1. The number of alkyl halides is 1. The molecule has 1 aromatic rings. The zero-order valence-electron chi connectivity index (χ0n) is 9.39. The molecule has 0 aliphatic rings. The summed E-state index contributed by atoms with van der Waals surface area (Å²) in [7, 11) is -2.39. The Kier molecular flexibility index (Phi) is 5.77. The van der Waals surface area contributed by atoms with Crippen LogP contribution in [0.4, 0.5) is 0 Å². The molecular weight excluding hydrogens is 390 g/mol. The average Bonchev–Trinajstić information content (AvgIpc) is 2.35. The van der Waals surface area contributed by atoms with Crippen LogP contribution >= 0.6 is 31.9 Å². The molecule has 5 nitrogen and oxygen atoms in total. The van der Waals surface area contributed by atoms with Crippen molar-refractivity contribution in [1.29, 1.82) is 0 Å². The molecule has 1 N–H and O–H groups in total. The number of carbonyl (C=O) groups excluding carboxylic acids is 1. The Balaban J connectivity index is 2.71. The van der Waals surface area contributed by atoms with Crippen molar-refractivity contribution in [1.82, 2.24) is 4.72 Å². The van der Waals surface area contributed by atoms with Crippen molar-refractivity contribution in [3.8, 4) is 0 Å². The van der Waals surface area contributed by atoms with Gasteiger partial charge in [0.25, 0.3) is 0 Å². The molecule has 1 rings (SSSR count). The Morgan fingerprint density at radius 1 is 1.39 bits per heavy atom. The molecule has 0 amide bonds. The summed E-state index contributed by atoms with van der Waals surface area (Å²) >= 11 is 6.25. The van der Waals surface area contributed by atoms with Gasteiger partial charge < -0.3 is 4.74 Å². The number of hydrogen-bond acceptors (Lipinski definition) is 4. The molecule has 0 spiro atoms. The normalized spacial score (nSPS) is 13.1. The van der Waals surface area contributed by atoms with Gasteiger partial charge in [0, 0.05) is 11.0 Å². The SMILES string of the molecule is COC(=O)C(Br)CNS(=O)(=O)c1ccc(Br)cc1. The van der Waals surface area contributed by atoms with Crippen molar-refractivity contribution in [3.63, 3.8) is 0 Å². The maximum Gasteiger partial charge on any atom is 0.320 e. The molecule has 8 heteroatoms. The van der Waals surface area contributed by atoms with E-state index in [9.17, 15) is 13.2 Å². The van der Waals surface area contributed by atoms with E-state index in [2.05, 4.69) is 41.3 Å². The molecule has 0 radical (unpaired) electrons. The van der Waals surface area contributed by atoms with Crippen LogP contribution in [0, 0.1) is 0 Å². The molecule has 1 aromatic carbocycles. The highest BCUT2D eigenvalue weighted by molar-refractivity contribution is 9.10. The lowest BCUT2D eigenvalue weighted by Crippen LogP contribution is -2.33. The van der Waals surface area contributed by atoms with Gasteiger partial charge in [-0.3, -0.25) is 4.79 Å². The first-order valence-corrected chi connectivity index (χ1v) is 8.03. The predicted molar refractivity (Wildman–Crippen MR) is 74.1 cm³/mol. The van der Waals surface area contributed by atoms with Gasteiger partial charge in [0.05, 0.1) is 12.0 Å². The molecule has 100 valence electrons. The minimum Gasteiger partial charge on any atom is -0.468 e. The topological polar surface area (TPSA) is 72.5 Å². The predicted octanol–water partition coefficient (Wildman–Crippen LogP) is 1.66. The largest absolute Gasteiger partial charge is 0.468 e. The van der Waals surface area contributed by atoms with Crippen LogP contribution in [0.3, 0.4) is 0 Å². The Morgan fingerprint density at radius 2 is 1.94 bits per heavy atom. The molecule has 1 unspecified atom stereocenters. The number of rotatable bonds is 5. The highest BCUT2D eigenvalue weighted by Gasteiger charge is 2.20. The molecule has 0 aliphatic heterocycles. The fraction of sp³-hybridized carbons (Fsp3) is 0.300. The molecule has 0 saturated heterocycles. The summed E-state index contributed by atoms with van der Waals surface area (Å²) in [6.45, 7) is -0.0783. The summed E-state index contributed by atoms with van der Waals surface area (Å²) < 4.78 is 31.3. The van der Waals surface area contributed by atoms with Crippen molar-refractivity contribution in [2.24, 2.45) is 0 Å². The molecule has 0 heterocycles. The first-order chi connectivity index (χ1) is 8.36. The number of sulfonamides is 1. The van der Waals surface area contributed by atoms with Crippen molar-refractivity contribution in [2.75, 3.05) is 13.7 Å². The molecule has 0 bridgehead atoms. The summed E-state index contributed by atoms with van der Waals surface area (Å²) in [4.78, 5) is 10.5. The van der Waals surface area contributed by atoms with Gasteiger partial charge in [0.2, 0.25) is 10.0 Å². The fourth-order valence-electron chi connectivity index (χ4n) is 1.09. The first-order valence-electron chi connectivity index (χ1n) is 4.84. The van der Waals surface area contributed by atoms with Gasteiger partial charge in [0.1, 0.15) is 4.83 Å². The van der Waals surface area contributed by atoms with Gasteiger partial charge >= 0.3 is 5.97 Å². The van der Waals surface area contributed by atoms with Crippen LogP contribution < -0.4 is 4.72 Å². The second-order valence-electron chi connectivity index (χ2n) is 3.30. The Labute approximate surface area is 122 Å². The van der Waals surface area contributed by atoms with Crippen LogP contribution in [0.2, 0.25) is 0 Å². The van der Waals surface area contributed by atoms with E-state index >= 15 is 0 Å². The number of ether oxygens (including phenoxy) is 1. The monoisotopic (exact) mass is 399 g/mol. The van der Waals surface area contributed by atoms with Crippen LogP contribution in [-0.4, -0.2) is 32.9 Å². The maximum absolute atomic E-state index is 11.9. The summed E-state index contributed by atoms with van der Waals surface area (Å²) in [5.74, 6) is -0.534. The number of esters is 1. The smallest absolute Gasteiger partial charge is 0.320 e. The Morgan fingerprint density at radius 3 is 2.44 bits per heavy atom. The quantitative estimate of drug-likeness (QED) is 0.602. The number of nitrogens with one attached hydrogen (secondary N) is 1. The Bertz CT molecular complexity index is 515. The average molecular weight is 401 g/mol. The highest BCUT2D eigenvalue weighted by Crippen LogP contribution is 2.14. The van der Waals surface area contributed by atoms with E-state index in [1.54, 1.807) is 12.1 Å². The number of hydrogen-bond donors (Lipinski definition) is 1. The molecule has 1 atom stereocenters. The Hall–Kier alpha value is -0.440. The summed E-state index contributed by atoms with van der Waals surface area (Å²) in [5, 5.41) is 0. The fourth-order valence-corrected chi connectivity index (χ4v) is 2.97. The lowest BCUT2D eigenvalue weighted by Gasteiger charge is -2.10. The van der Waals surface area contributed by atoms with Gasteiger partial charge in [0.15, 0.2) is 0 Å². The van der Waals surface area contributed by atoms with E-state index < -0.39 is 20.8 Å². The maximum atomic E-state index is 11.9. The van der Waals surface area contributed by atoms with Crippen LogP contribution in [0.15, 0.2) is 33.6 Å². The third-order valence-corrected chi connectivity index (χ3v) is 4.70. The lowest BCUT2D eigenvalue weighted by atomic mass is 10.4. The van der Waals surface area contributed by atoms with Gasteiger partial charge in [-0.1, -0.05) is 31.9 Å². The van der Waals surface area contributed by atoms with E-state index in [1.807, 2.05) is 0 Å². The van der Waals surface area contributed by atoms with Crippen LogP contribution in [-0.2, 0) is 19.6 Å². The third-order valence-electron chi connectivity index (χ3n) is 2.03. The summed E-state index contributed by atoms with van der Waals surface area (Å²) in [6.07, 6.45) is 0. The second kappa shape index (κ2) is 6.65. The summed E-state index contributed by atoms with van der Waals surface area (Å²) in [6, 6.07) is 6.18. The number of halogens is 2. The number of methoxy groups -OCH3 is 1. The van der Waals surface area contributed by atoms with E-state index in [1.165, 1.54) is 19.2 Å². The molecule has 0 saturated carbocycles. The van der Waals surface area contributed by atoms with E-state index in [-0.39, 0.29) is 11.4 Å². The summed E-state index contributed by atoms with van der Waals surface area (Å²) in [5.41, 5.74) is 0. The standard InChI is InChI=1S/C10H11Br2NO4S/c1-17-10(14)9(12)6-13-18(15,16)8-4-2-7(11)3-5-8/h2-5,9,13H,6H2,1H3. The highest BCUT2D eigenvalue weighted by atomic mass is 79.9. The van der Waals surface area contributed by atoms with Gasteiger partial charge in [-0.25, -0.2) is 13.1 Å². The molecule has 18 heavy (non-hydrogen) atoms. The van der Waals surface area contributed by atoms with Crippen molar-refractivity contribution in [2.45, 2.75) is 9.72 Å². The van der Waals surface area contributed by atoms with Gasteiger partial charge in [-0.15, -0.1) is 0 Å². The third kappa shape index (κ3) is 4.34. The van der Waals surface area contributed by atoms with Crippen LogP contribution in [0.25, 0.3) is 0 Å². The minimum absolute atomic E-state index is 0.0783. The minimum atomic E-state index is -3.62. The lowest BCUT2D eigenvalue weighted by molar-refractivity contribution is -0.139. The number of carbonyl (C=O) groups is 1. The van der Waals surface area contributed by atoms with E-state index in [4.69, 9.17) is 0 Å². The molecule has 0 aromatic heterocycles. The van der Waals surface area contributed by atoms with Gasteiger partial charge in [-0.2, -0.15) is 0 Å². The van der Waals surface area contributed by atoms with Crippen molar-refractivity contribution in [3.05, 3.63) is 28.7 Å². The van der Waals surface area contributed by atoms with Crippen LogP contribution in [0.5, 0.6) is 0 Å². The van der Waals surface area contributed by atoms with Crippen molar-refractivity contribution < 1.29 is 17.9 Å². The van der Waals surface area contributed by atoms with Crippen molar-refractivity contribution >= 4 is 47.9 Å². The zero-order chi connectivity index (χ0) is 13.8. The zero-order valence-corrected chi connectivity index (χ0v) is 13.4. The van der Waals surface area contributed by atoms with E-state index in [0.717, 1.165) is 4.47 Å². The second-order valence-corrected chi connectivity index (χ2v) is 7.08. The molecular formula is C10H11Br2NO4S. The van der Waals surface area contributed by atoms with Crippen LogP contribution in [0.1, 0.15) is 0 Å². The van der Waals surface area contributed by atoms with E-state index in [0.29, 0.717) is 0 Å². The first kappa shape index (κ1) is 15.6. The molecule has 0 fully saturated rings. The van der Waals surface area contributed by atoms with Gasteiger partial charge in [-0.05, 0) is 24.3 Å². The molecule has 0 aliphatic carbocycles.